The van der Waals surface area contributed by atoms with E-state index in [0.717, 1.165) is 5.69 Å². The summed E-state index contributed by atoms with van der Waals surface area (Å²) in [6.45, 7) is 2.24. The van der Waals surface area contributed by atoms with Crippen molar-refractivity contribution in [3.63, 3.8) is 0 Å². The minimum absolute atomic E-state index is 0.154. The molecule has 1 aromatic heterocycles. The van der Waals surface area contributed by atoms with E-state index in [1.165, 1.54) is 24.3 Å². The third-order valence-electron chi connectivity index (χ3n) is 3.85. The summed E-state index contributed by atoms with van der Waals surface area (Å²) in [6, 6.07) is 10.4. The van der Waals surface area contributed by atoms with Crippen molar-refractivity contribution in [1.29, 1.82) is 0 Å². The van der Waals surface area contributed by atoms with E-state index < -0.39 is 4.92 Å². The lowest BCUT2D eigenvalue weighted by molar-refractivity contribution is -0.384. The van der Waals surface area contributed by atoms with E-state index in [2.05, 4.69) is 10.4 Å². The lowest BCUT2D eigenvalue weighted by Gasteiger charge is -2.11. The van der Waals surface area contributed by atoms with Crippen LogP contribution in [0.15, 0.2) is 48.7 Å². The number of nitrogens with zero attached hydrogens (tertiary/aromatic N) is 3. The highest BCUT2D eigenvalue weighted by Crippen LogP contribution is 2.34. The Balaban J connectivity index is 1.75. The molecule has 3 rings (SSSR count). The summed E-state index contributed by atoms with van der Waals surface area (Å²) in [6.07, 6.45) is 1.93. The third-order valence-corrected chi connectivity index (χ3v) is 4.38. The van der Waals surface area contributed by atoms with Crippen LogP contribution in [-0.2, 0) is 11.3 Å². The molecule has 0 aliphatic rings. The number of nitrogens with one attached hydrogen (secondary N) is 1. The first-order valence-electron chi connectivity index (χ1n) is 8.52. The summed E-state index contributed by atoms with van der Waals surface area (Å²) >= 11 is 11.9. The number of nitro groups is 1. The molecule has 29 heavy (non-hydrogen) atoms. The quantitative estimate of drug-likeness (QED) is 0.405. The lowest BCUT2D eigenvalue weighted by Crippen LogP contribution is -2.15. The molecular weight excluding hydrogens is 419 g/mol. The standard InChI is InChI=1S/C19H16Cl2N4O4/c1-12-4-6-24(23-12)7-5-19(26)22-14-9-15(25(27)28)11-16(10-14)29-18-3-2-13(20)8-17(18)21/h2-4,6,8-11H,5,7H2,1H3,(H,22,26). The van der Waals surface area contributed by atoms with Crippen LogP contribution in [0.5, 0.6) is 11.5 Å². The fourth-order valence-corrected chi connectivity index (χ4v) is 2.98. The number of anilines is 1. The van der Waals surface area contributed by atoms with Crippen molar-refractivity contribution in [3.05, 3.63) is 74.5 Å². The second-order valence-electron chi connectivity index (χ2n) is 6.17. The van der Waals surface area contributed by atoms with Gasteiger partial charge in [0, 0.05) is 36.3 Å². The van der Waals surface area contributed by atoms with E-state index in [-0.39, 0.29) is 40.2 Å². The number of aromatic nitrogens is 2. The van der Waals surface area contributed by atoms with Crippen LogP contribution in [0.4, 0.5) is 11.4 Å². The van der Waals surface area contributed by atoms with Gasteiger partial charge in [-0.25, -0.2) is 0 Å². The molecule has 2 aromatic carbocycles. The normalized spacial score (nSPS) is 10.6. The largest absolute Gasteiger partial charge is 0.455 e. The first-order chi connectivity index (χ1) is 13.8. The molecule has 0 unspecified atom stereocenters. The second-order valence-corrected chi connectivity index (χ2v) is 7.01. The zero-order chi connectivity index (χ0) is 21.0. The Hall–Kier alpha value is -3.10. The van der Waals surface area contributed by atoms with Gasteiger partial charge in [0.05, 0.1) is 27.4 Å². The molecule has 10 heteroatoms. The van der Waals surface area contributed by atoms with E-state index >= 15 is 0 Å². The van der Waals surface area contributed by atoms with Crippen LogP contribution in [0, 0.1) is 17.0 Å². The van der Waals surface area contributed by atoms with Gasteiger partial charge < -0.3 is 10.1 Å². The SMILES string of the molecule is Cc1ccn(CCC(=O)Nc2cc(Oc3ccc(Cl)cc3Cl)cc([N+](=O)[O-])c2)n1. The molecule has 0 spiro atoms. The fraction of sp³-hybridized carbons (Fsp3) is 0.158. The number of amides is 1. The molecule has 1 amide bonds. The van der Waals surface area contributed by atoms with Crippen LogP contribution in [0.2, 0.25) is 10.0 Å². The maximum atomic E-state index is 12.2. The highest BCUT2D eigenvalue weighted by atomic mass is 35.5. The van der Waals surface area contributed by atoms with Gasteiger partial charge in [-0.1, -0.05) is 23.2 Å². The van der Waals surface area contributed by atoms with Crippen LogP contribution >= 0.6 is 23.2 Å². The number of nitro benzene ring substituents is 1. The van der Waals surface area contributed by atoms with Crippen molar-refractivity contribution in [1.82, 2.24) is 9.78 Å². The molecule has 0 atom stereocenters. The Morgan fingerprint density at radius 1 is 1.24 bits per heavy atom. The van der Waals surface area contributed by atoms with Gasteiger partial charge in [-0.15, -0.1) is 0 Å². The fourth-order valence-electron chi connectivity index (χ4n) is 2.53. The first-order valence-corrected chi connectivity index (χ1v) is 9.28. The number of benzene rings is 2. The van der Waals surface area contributed by atoms with Crippen LogP contribution in [-0.4, -0.2) is 20.6 Å². The molecule has 0 saturated heterocycles. The average molecular weight is 435 g/mol. The summed E-state index contributed by atoms with van der Waals surface area (Å²) in [4.78, 5) is 22.9. The number of halogens is 2. The van der Waals surface area contributed by atoms with Crippen LogP contribution in [0.3, 0.4) is 0 Å². The van der Waals surface area contributed by atoms with Gasteiger partial charge in [0.1, 0.15) is 11.5 Å². The number of non-ortho nitro benzene ring substituents is 1. The molecule has 1 heterocycles. The van der Waals surface area contributed by atoms with Gasteiger partial charge in [-0.3, -0.25) is 19.6 Å². The molecule has 0 aliphatic heterocycles. The minimum Gasteiger partial charge on any atom is -0.455 e. The number of rotatable bonds is 7. The Morgan fingerprint density at radius 3 is 2.69 bits per heavy atom. The van der Waals surface area contributed by atoms with Crippen molar-refractivity contribution < 1.29 is 14.5 Å². The monoisotopic (exact) mass is 434 g/mol. The molecule has 0 saturated carbocycles. The summed E-state index contributed by atoms with van der Waals surface area (Å²) < 4.78 is 7.30. The number of carbonyl (C=O) groups is 1. The van der Waals surface area contributed by atoms with Crippen molar-refractivity contribution in [3.8, 4) is 11.5 Å². The van der Waals surface area contributed by atoms with Crippen molar-refractivity contribution in [2.75, 3.05) is 5.32 Å². The van der Waals surface area contributed by atoms with Crippen LogP contribution in [0.1, 0.15) is 12.1 Å². The Morgan fingerprint density at radius 2 is 2.03 bits per heavy atom. The molecule has 150 valence electrons. The Bertz CT molecular complexity index is 1070. The van der Waals surface area contributed by atoms with Gasteiger partial charge >= 0.3 is 0 Å². The van der Waals surface area contributed by atoms with Crippen molar-refractivity contribution >= 4 is 40.5 Å². The van der Waals surface area contributed by atoms with Gasteiger partial charge in [0.2, 0.25) is 5.91 Å². The predicted molar refractivity (Wildman–Crippen MR) is 110 cm³/mol. The molecule has 3 aromatic rings. The lowest BCUT2D eigenvalue weighted by atomic mass is 10.2. The second kappa shape index (κ2) is 8.93. The smallest absolute Gasteiger partial charge is 0.275 e. The summed E-state index contributed by atoms with van der Waals surface area (Å²) in [5, 5.41) is 18.8. The van der Waals surface area contributed by atoms with Crippen LogP contribution in [0.25, 0.3) is 0 Å². The summed E-state index contributed by atoms with van der Waals surface area (Å²) in [7, 11) is 0. The first kappa shape index (κ1) is 20.6. The average Bonchev–Trinajstić information content (AvgIpc) is 3.07. The van der Waals surface area contributed by atoms with E-state index in [1.54, 1.807) is 23.0 Å². The maximum absolute atomic E-state index is 12.2. The summed E-state index contributed by atoms with van der Waals surface area (Å²) in [5.41, 5.74) is 0.860. The van der Waals surface area contributed by atoms with Crippen LogP contribution < -0.4 is 10.1 Å². The predicted octanol–water partition coefficient (Wildman–Crippen LogP) is 5.23. The number of carbonyl (C=O) groups excluding carboxylic acids is 1. The van der Waals surface area contributed by atoms with Gasteiger partial charge in [0.25, 0.3) is 5.69 Å². The van der Waals surface area contributed by atoms with Gasteiger partial charge in [-0.2, -0.15) is 5.10 Å². The Labute approximate surface area is 176 Å². The van der Waals surface area contributed by atoms with E-state index in [9.17, 15) is 14.9 Å². The zero-order valence-electron chi connectivity index (χ0n) is 15.3. The molecule has 0 aliphatic carbocycles. The Kier molecular flexibility index (Phi) is 6.36. The topological polar surface area (TPSA) is 99.3 Å². The highest BCUT2D eigenvalue weighted by Gasteiger charge is 2.14. The molecule has 8 nitrogen and oxygen atoms in total. The maximum Gasteiger partial charge on any atom is 0.275 e. The molecule has 0 radical (unpaired) electrons. The van der Waals surface area contributed by atoms with E-state index in [0.29, 0.717) is 11.6 Å². The molecule has 0 fully saturated rings. The number of aryl methyl sites for hydroxylation is 2. The minimum atomic E-state index is -0.571. The van der Waals surface area contributed by atoms with Crippen molar-refractivity contribution in [2.24, 2.45) is 0 Å². The van der Waals surface area contributed by atoms with E-state index in [4.69, 9.17) is 27.9 Å². The van der Waals surface area contributed by atoms with Gasteiger partial charge in [0.15, 0.2) is 0 Å². The summed E-state index contributed by atoms with van der Waals surface area (Å²) in [5.74, 6) is 0.124. The number of ether oxygens (including phenoxy) is 1. The number of hydrogen-bond donors (Lipinski definition) is 1. The molecule has 0 bridgehead atoms. The zero-order valence-corrected chi connectivity index (χ0v) is 16.8. The molecule has 1 N–H and O–H groups in total. The van der Waals surface area contributed by atoms with Gasteiger partial charge in [-0.05, 0) is 31.2 Å². The molecular formula is C19H16Cl2N4O4. The number of hydrogen-bond acceptors (Lipinski definition) is 5. The van der Waals surface area contributed by atoms with Crippen molar-refractivity contribution in [2.45, 2.75) is 19.9 Å². The highest BCUT2D eigenvalue weighted by molar-refractivity contribution is 6.35. The third kappa shape index (κ3) is 5.69. The van der Waals surface area contributed by atoms with E-state index in [1.807, 2.05) is 13.0 Å².